The number of furan rings is 1. The number of H-pyrrole nitrogens is 1. The van der Waals surface area contributed by atoms with Crippen LogP contribution in [0.25, 0.3) is 21.7 Å². The molecule has 1 N–H and O–H groups in total. The van der Waals surface area contributed by atoms with E-state index in [0.29, 0.717) is 30.1 Å². The number of hydrogen-bond donors (Lipinski definition) is 1. The van der Waals surface area contributed by atoms with Crippen molar-refractivity contribution >= 4 is 43.8 Å². The smallest absolute Gasteiger partial charge is 0.417 e. The average molecular weight is 612 g/mol. The summed E-state index contributed by atoms with van der Waals surface area (Å²) in [6, 6.07) is 27.9. The SMILES string of the molecule is CN(Cc1ccc2c(Br)c(OCc3nnn[nH]3)ccc2c1)C(=O)Oc1oc2ccccc2c1CCc1ccccc1. The van der Waals surface area contributed by atoms with Crippen molar-refractivity contribution in [2.45, 2.75) is 26.0 Å². The molecule has 0 bridgehead atoms. The largest absolute Gasteiger partial charge is 0.484 e. The molecule has 0 unspecified atom stereocenters. The van der Waals surface area contributed by atoms with E-state index in [-0.39, 0.29) is 12.6 Å². The number of carbonyl (C=O) groups is 1. The molecule has 9 nitrogen and oxygen atoms in total. The Hall–Kier alpha value is -4.70. The predicted molar refractivity (Wildman–Crippen MR) is 158 cm³/mol. The fourth-order valence-corrected chi connectivity index (χ4v) is 5.33. The molecule has 0 aliphatic carbocycles. The second-order valence-corrected chi connectivity index (χ2v) is 10.4. The number of aromatic amines is 1. The van der Waals surface area contributed by atoms with E-state index in [1.54, 1.807) is 7.05 Å². The Balaban J connectivity index is 1.15. The van der Waals surface area contributed by atoms with Crippen LogP contribution >= 0.6 is 15.9 Å². The van der Waals surface area contributed by atoms with E-state index in [1.165, 1.54) is 10.5 Å². The lowest BCUT2D eigenvalue weighted by Gasteiger charge is -2.17. The number of aromatic nitrogens is 4. The highest BCUT2D eigenvalue weighted by Gasteiger charge is 2.21. The summed E-state index contributed by atoms with van der Waals surface area (Å²) in [5.74, 6) is 1.46. The number of fused-ring (bicyclic) bond motifs is 2. The Morgan fingerprint density at radius 3 is 2.61 bits per heavy atom. The Labute approximate surface area is 244 Å². The van der Waals surface area contributed by atoms with E-state index >= 15 is 0 Å². The van der Waals surface area contributed by atoms with Gasteiger partial charge in [0.15, 0.2) is 5.82 Å². The van der Waals surface area contributed by atoms with Crippen LogP contribution in [0.3, 0.4) is 0 Å². The first-order valence-corrected chi connectivity index (χ1v) is 13.9. The maximum atomic E-state index is 13.2. The fourth-order valence-electron chi connectivity index (χ4n) is 4.72. The zero-order valence-electron chi connectivity index (χ0n) is 22.2. The van der Waals surface area contributed by atoms with Crippen LogP contribution < -0.4 is 9.47 Å². The van der Waals surface area contributed by atoms with Gasteiger partial charge in [-0.1, -0.05) is 66.7 Å². The number of para-hydroxylation sites is 1. The van der Waals surface area contributed by atoms with Gasteiger partial charge in [-0.2, -0.15) is 0 Å². The number of amides is 1. The fraction of sp³-hybridized carbons (Fsp3) is 0.161. The summed E-state index contributed by atoms with van der Waals surface area (Å²) >= 11 is 3.65. The van der Waals surface area contributed by atoms with E-state index in [4.69, 9.17) is 13.9 Å². The second-order valence-electron chi connectivity index (χ2n) is 9.64. The third-order valence-electron chi connectivity index (χ3n) is 6.82. The van der Waals surface area contributed by atoms with Crippen molar-refractivity contribution in [2.24, 2.45) is 0 Å². The van der Waals surface area contributed by atoms with Gasteiger partial charge in [-0.05, 0) is 79.3 Å². The molecule has 0 fully saturated rings. The summed E-state index contributed by atoms with van der Waals surface area (Å²) in [5, 5.41) is 16.6. The van der Waals surface area contributed by atoms with Crippen LogP contribution in [-0.2, 0) is 26.0 Å². The average Bonchev–Trinajstić information content (AvgIpc) is 3.64. The number of aryl methyl sites for hydroxylation is 2. The number of nitrogens with one attached hydrogen (secondary N) is 1. The number of rotatable bonds is 9. The molecule has 0 saturated carbocycles. The number of tetrazole rings is 1. The first kappa shape index (κ1) is 26.5. The Morgan fingerprint density at radius 1 is 0.951 bits per heavy atom. The van der Waals surface area contributed by atoms with Gasteiger partial charge in [-0.25, -0.2) is 9.89 Å². The molecule has 206 valence electrons. The van der Waals surface area contributed by atoms with Gasteiger partial charge in [0.25, 0.3) is 5.95 Å². The first-order valence-electron chi connectivity index (χ1n) is 13.1. The number of benzene rings is 4. The molecule has 41 heavy (non-hydrogen) atoms. The van der Waals surface area contributed by atoms with Gasteiger partial charge < -0.3 is 18.8 Å². The summed E-state index contributed by atoms with van der Waals surface area (Å²) in [6.45, 7) is 0.587. The highest BCUT2D eigenvalue weighted by Crippen LogP contribution is 2.35. The van der Waals surface area contributed by atoms with Crippen molar-refractivity contribution in [3.8, 4) is 11.7 Å². The third-order valence-corrected chi connectivity index (χ3v) is 7.63. The minimum absolute atomic E-state index is 0.224. The third kappa shape index (κ3) is 5.92. The van der Waals surface area contributed by atoms with Gasteiger partial charge in [0.2, 0.25) is 0 Å². The first-order chi connectivity index (χ1) is 20.0. The van der Waals surface area contributed by atoms with Crippen LogP contribution in [0.4, 0.5) is 4.79 Å². The molecule has 6 aromatic rings. The Morgan fingerprint density at radius 2 is 1.78 bits per heavy atom. The van der Waals surface area contributed by atoms with Gasteiger partial charge in [-0.3, -0.25) is 0 Å². The van der Waals surface area contributed by atoms with E-state index in [2.05, 4.69) is 48.7 Å². The van der Waals surface area contributed by atoms with Gasteiger partial charge in [-0.15, -0.1) is 5.10 Å². The van der Waals surface area contributed by atoms with Crippen LogP contribution in [-0.4, -0.2) is 38.7 Å². The normalized spacial score (nSPS) is 11.2. The lowest BCUT2D eigenvalue weighted by molar-refractivity contribution is 0.149. The van der Waals surface area contributed by atoms with Gasteiger partial charge in [0.05, 0.1) is 4.47 Å². The lowest BCUT2D eigenvalue weighted by atomic mass is 10.0. The molecule has 0 aliphatic rings. The van der Waals surface area contributed by atoms with Crippen molar-refractivity contribution in [1.82, 2.24) is 25.5 Å². The van der Waals surface area contributed by atoms with Crippen molar-refractivity contribution in [1.29, 1.82) is 0 Å². The molecule has 10 heteroatoms. The zero-order chi connectivity index (χ0) is 28.2. The van der Waals surface area contributed by atoms with Crippen LogP contribution in [0.1, 0.15) is 22.5 Å². The van der Waals surface area contributed by atoms with Crippen molar-refractivity contribution in [3.63, 3.8) is 0 Å². The molecule has 4 aromatic carbocycles. The molecule has 2 heterocycles. The number of hydrogen-bond acceptors (Lipinski definition) is 7. The molecular weight excluding hydrogens is 586 g/mol. The Kier molecular flexibility index (Phi) is 7.64. The maximum Gasteiger partial charge on any atom is 0.417 e. The van der Waals surface area contributed by atoms with Crippen molar-refractivity contribution in [3.05, 3.63) is 112 Å². The molecule has 6 rings (SSSR count). The molecule has 2 aromatic heterocycles. The molecule has 0 atom stereocenters. The number of ether oxygens (including phenoxy) is 2. The highest BCUT2D eigenvalue weighted by atomic mass is 79.9. The molecular formula is C31H26BrN5O4. The van der Waals surface area contributed by atoms with Crippen molar-refractivity contribution < 1.29 is 18.7 Å². The summed E-state index contributed by atoms with van der Waals surface area (Å²) in [4.78, 5) is 14.7. The lowest BCUT2D eigenvalue weighted by Crippen LogP contribution is -2.29. The molecule has 0 saturated heterocycles. The number of carbonyl (C=O) groups excluding carboxylic acids is 1. The molecule has 0 radical (unpaired) electrons. The minimum Gasteiger partial charge on any atom is -0.484 e. The molecule has 1 amide bonds. The highest BCUT2D eigenvalue weighted by molar-refractivity contribution is 9.10. The Bertz CT molecular complexity index is 1800. The van der Waals surface area contributed by atoms with E-state index in [1.807, 2.05) is 72.8 Å². The summed E-state index contributed by atoms with van der Waals surface area (Å²) < 4.78 is 18.5. The summed E-state index contributed by atoms with van der Waals surface area (Å²) in [7, 11) is 1.71. The van der Waals surface area contributed by atoms with Crippen LogP contribution in [0.15, 0.2) is 93.8 Å². The molecule has 0 spiro atoms. The van der Waals surface area contributed by atoms with Crippen LogP contribution in [0, 0.1) is 0 Å². The van der Waals surface area contributed by atoms with Crippen LogP contribution in [0.5, 0.6) is 11.7 Å². The van der Waals surface area contributed by atoms with Crippen molar-refractivity contribution in [2.75, 3.05) is 7.05 Å². The zero-order valence-corrected chi connectivity index (χ0v) is 23.8. The minimum atomic E-state index is -0.489. The van der Waals surface area contributed by atoms with E-state index < -0.39 is 6.09 Å². The summed E-state index contributed by atoms with van der Waals surface area (Å²) in [5.41, 5.74) is 3.75. The quantitative estimate of drug-likeness (QED) is 0.190. The van der Waals surface area contributed by atoms with Crippen LogP contribution in [0.2, 0.25) is 0 Å². The predicted octanol–water partition coefficient (Wildman–Crippen LogP) is 6.86. The number of halogens is 1. The van der Waals surface area contributed by atoms with E-state index in [9.17, 15) is 4.79 Å². The summed E-state index contributed by atoms with van der Waals surface area (Å²) in [6.07, 6.45) is 1.01. The van der Waals surface area contributed by atoms with Gasteiger partial charge >= 0.3 is 6.09 Å². The van der Waals surface area contributed by atoms with Gasteiger partial charge in [0, 0.05) is 24.5 Å². The second kappa shape index (κ2) is 11.8. The number of nitrogens with zero attached hydrogens (tertiary/aromatic N) is 4. The topological polar surface area (TPSA) is 106 Å². The molecule has 0 aliphatic heterocycles. The maximum absolute atomic E-state index is 13.2. The van der Waals surface area contributed by atoms with E-state index in [0.717, 1.165) is 38.2 Å². The van der Waals surface area contributed by atoms with Gasteiger partial charge in [0.1, 0.15) is 17.9 Å². The monoisotopic (exact) mass is 611 g/mol. The standard InChI is InChI=1S/C31H26BrN5O4/c1-37(18-21-12-14-23-22(17-21)13-16-27(29(23)32)39-19-28-33-35-36-34-28)31(38)41-30-25(15-11-20-7-3-2-4-8-20)24-9-5-6-10-26(24)40-30/h2-10,12-14,16-17H,11,15,18-19H2,1H3,(H,33,34,35,36).